The van der Waals surface area contributed by atoms with Gasteiger partial charge in [0.25, 0.3) is 5.91 Å². The van der Waals surface area contributed by atoms with E-state index in [4.69, 9.17) is 5.73 Å². The van der Waals surface area contributed by atoms with Crippen LogP contribution >= 0.6 is 0 Å². The molecule has 0 bridgehead atoms. The lowest BCUT2D eigenvalue weighted by Gasteiger charge is -2.17. The molecule has 0 aliphatic carbocycles. The number of nitrogens with two attached hydrogens (primary N) is 1. The van der Waals surface area contributed by atoms with E-state index < -0.39 is 0 Å². The van der Waals surface area contributed by atoms with Gasteiger partial charge in [-0.25, -0.2) is 0 Å². The SMILES string of the molecule is CC(C)c1ccc(NC(=O)c2ccc(N)cc2)c(C(C)C)c1. The quantitative estimate of drug-likeness (QED) is 0.799. The molecule has 0 radical (unpaired) electrons. The molecule has 3 N–H and O–H groups in total. The molecule has 3 nitrogen and oxygen atoms in total. The molecule has 0 saturated carbocycles. The Labute approximate surface area is 132 Å². The first-order valence-electron chi connectivity index (χ1n) is 7.69. The van der Waals surface area contributed by atoms with E-state index in [1.54, 1.807) is 24.3 Å². The maximum atomic E-state index is 12.4. The van der Waals surface area contributed by atoms with Gasteiger partial charge in [-0.2, -0.15) is 0 Å². The molecule has 0 unspecified atom stereocenters. The predicted molar refractivity (Wildman–Crippen MR) is 93.4 cm³/mol. The Kier molecular flexibility index (Phi) is 4.86. The van der Waals surface area contributed by atoms with Gasteiger partial charge in [0.1, 0.15) is 0 Å². The van der Waals surface area contributed by atoms with E-state index in [1.807, 2.05) is 6.07 Å². The van der Waals surface area contributed by atoms with Gasteiger partial charge in [0.2, 0.25) is 0 Å². The highest BCUT2D eigenvalue weighted by Gasteiger charge is 2.13. The van der Waals surface area contributed by atoms with E-state index in [1.165, 1.54) is 5.56 Å². The summed E-state index contributed by atoms with van der Waals surface area (Å²) in [5.41, 5.74) is 10.2. The minimum Gasteiger partial charge on any atom is -0.399 e. The molecule has 0 spiro atoms. The molecule has 2 aromatic carbocycles. The summed E-state index contributed by atoms with van der Waals surface area (Å²) in [7, 11) is 0. The van der Waals surface area contributed by atoms with Gasteiger partial charge in [0.15, 0.2) is 0 Å². The van der Waals surface area contributed by atoms with Crippen LogP contribution in [-0.4, -0.2) is 5.91 Å². The first-order valence-corrected chi connectivity index (χ1v) is 7.69. The van der Waals surface area contributed by atoms with Crippen molar-refractivity contribution < 1.29 is 4.79 Å². The normalized spacial score (nSPS) is 11.0. The van der Waals surface area contributed by atoms with E-state index in [2.05, 4.69) is 45.1 Å². The van der Waals surface area contributed by atoms with Crippen molar-refractivity contribution in [3.63, 3.8) is 0 Å². The number of hydrogen-bond acceptors (Lipinski definition) is 2. The predicted octanol–water partition coefficient (Wildman–Crippen LogP) is 4.77. The van der Waals surface area contributed by atoms with E-state index in [0.29, 0.717) is 23.1 Å². The van der Waals surface area contributed by atoms with Crippen molar-refractivity contribution in [3.8, 4) is 0 Å². The van der Waals surface area contributed by atoms with Crippen LogP contribution in [0.5, 0.6) is 0 Å². The number of nitrogen functional groups attached to an aromatic ring is 1. The molecular formula is C19H24N2O. The average Bonchev–Trinajstić information content (AvgIpc) is 2.47. The second kappa shape index (κ2) is 6.65. The van der Waals surface area contributed by atoms with Crippen LogP contribution in [0.3, 0.4) is 0 Å². The standard InChI is InChI=1S/C19H24N2O/c1-12(2)15-7-10-18(17(11-15)13(3)4)21-19(22)14-5-8-16(20)9-6-14/h5-13H,20H2,1-4H3,(H,21,22). The third-order valence-corrected chi connectivity index (χ3v) is 3.79. The zero-order chi connectivity index (χ0) is 16.3. The number of amides is 1. The molecule has 22 heavy (non-hydrogen) atoms. The minimum atomic E-state index is -0.112. The average molecular weight is 296 g/mol. The summed E-state index contributed by atoms with van der Waals surface area (Å²) in [4.78, 5) is 12.4. The molecule has 1 amide bonds. The monoisotopic (exact) mass is 296 g/mol. The van der Waals surface area contributed by atoms with Gasteiger partial charge in [0, 0.05) is 16.9 Å². The Balaban J connectivity index is 2.28. The molecule has 2 rings (SSSR count). The molecule has 116 valence electrons. The third kappa shape index (κ3) is 3.67. The zero-order valence-electron chi connectivity index (χ0n) is 13.7. The van der Waals surface area contributed by atoms with Gasteiger partial charge < -0.3 is 11.1 Å². The third-order valence-electron chi connectivity index (χ3n) is 3.79. The second-order valence-electron chi connectivity index (χ2n) is 6.23. The fraction of sp³-hybridized carbons (Fsp3) is 0.316. The number of carbonyl (C=O) groups is 1. The van der Waals surface area contributed by atoms with Gasteiger partial charge in [-0.05, 0) is 53.3 Å². The van der Waals surface area contributed by atoms with Crippen LogP contribution in [0.2, 0.25) is 0 Å². The van der Waals surface area contributed by atoms with E-state index in [-0.39, 0.29) is 5.91 Å². The largest absolute Gasteiger partial charge is 0.399 e. The van der Waals surface area contributed by atoms with E-state index >= 15 is 0 Å². The molecule has 0 saturated heterocycles. The summed E-state index contributed by atoms with van der Waals surface area (Å²) in [6.45, 7) is 8.62. The number of anilines is 2. The van der Waals surface area contributed by atoms with Crippen molar-refractivity contribution in [3.05, 3.63) is 59.2 Å². The van der Waals surface area contributed by atoms with Gasteiger partial charge >= 0.3 is 0 Å². The fourth-order valence-electron chi connectivity index (χ4n) is 2.36. The van der Waals surface area contributed by atoms with Crippen molar-refractivity contribution >= 4 is 17.3 Å². The Morgan fingerprint density at radius 3 is 2.14 bits per heavy atom. The summed E-state index contributed by atoms with van der Waals surface area (Å²) in [5.74, 6) is 0.707. The smallest absolute Gasteiger partial charge is 0.255 e. The van der Waals surface area contributed by atoms with Crippen LogP contribution in [0.4, 0.5) is 11.4 Å². The number of nitrogens with one attached hydrogen (secondary N) is 1. The zero-order valence-corrected chi connectivity index (χ0v) is 13.7. The van der Waals surface area contributed by atoms with Crippen molar-refractivity contribution in [2.45, 2.75) is 39.5 Å². The van der Waals surface area contributed by atoms with Crippen molar-refractivity contribution in [2.24, 2.45) is 0 Å². The number of rotatable bonds is 4. The Morgan fingerprint density at radius 1 is 0.955 bits per heavy atom. The van der Waals surface area contributed by atoms with Crippen LogP contribution in [0.15, 0.2) is 42.5 Å². The number of benzene rings is 2. The highest BCUT2D eigenvalue weighted by Crippen LogP contribution is 2.28. The summed E-state index contributed by atoms with van der Waals surface area (Å²) >= 11 is 0. The van der Waals surface area contributed by atoms with Crippen LogP contribution in [-0.2, 0) is 0 Å². The fourth-order valence-corrected chi connectivity index (χ4v) is 2.36. The molecule has 0 aromatic heterocycles. The van der Waals surface area contributed by atoms with Crippen molar-refractivity contribution in [1.29, 1.82) is 0 Å². The van der Waals surface area contributed by atoms with E-state index in [0.717, 1.165) is 11.3 Å². The molecule has 0 atom stereocenters. The van der Waals surface area contributed by atoms with Gasteiger partial charge in [-0.15, -0.1) is 0 Å². The Bertz CT molecular complexity index is 658. The van der Waals surface area contributed by atoms with Crippen LogP contribution in [0, 0.1) is 0 Å². The summed E-state index contributed by atoms with van der Waals surface area (Å²) in [5, 5.41) is 3.01. The number of hydrogen-bond donors (Lipinski definition) is 2. The molecule has 0 aliphatic rings. The van der Waals surface area contributed by atoms with Crippen molar-refractivity contribution in [1.82, 2.24) is 0 Å². The number of carbonyl (C=O) groups excluding carboxylic acids is 1. The maximum absolute atomic E-state index is 12.4. The van der Waals surface area contributed by atoms with Gasteiger partial charge in [-0.1, -0.05) is 39.8 Å². The first kappa shape index (κ1) is 16.1. The van der Waals surface area contributed by atoms with Crippen LogP contribution in [0.1, 0.15) is 61.0 Å². The molecular weight excluding hydrogens is 272 g/mol. The Morgan fingerprint density at radius 2 is 1.59 bits per heavy atom. The summed E-state index contributed by atoms with van der Waals surface area (Å²) in [6.07, 6.45) is 0. The lowest BCUT2D eigenvalue weighted by molar-refractivity contribution is 0.102. The highest BCUT2D eigenvalue weighted by atomic mass is 16.1. The molecule has 0 aliphatic heterocycles. The van der Waals surface area contributed by atoms with Gasteiger partial charge in [-0.3, -0.25) is 4.79 Å². The van der Waals surface area contributed by atoms with E-state index in [9.17, 15) is 4.79 Å². The lowest BCUT2D eigenvalue weighted by Crippen LogP contribution is -2.14. The highest BCUT2D eigenvalue weighted by molar-refractivity contribution is 6.04. The van der Waals surface area contributed by atoms with Gasteiger partial charge in [0.05, 0.1) is 0 Å². The molecule has 3 heteroatoms. The first-order chi connectivity index (χ1) is 10.4. The van der Waals surface area contributed by atoms with Crippen LogP contribution in [0.25, 0.3) is 0 Å². The molecule has 2 aromatic rings. The molecule has 0 fully saturated rings. The van der Waals surface area contributed by atoms with Crippen LogP contribution < -0.4 is 11.1 Å². The maximum Gasteiger partial charge on any atom is 0.255 e. The second-order valence-corrected chi connectivity index (χ2v) is 6.23. The lowest BCUT2D eigenvalue weighted by atomic mass is 9.94. The van der Waals surface area contributed by atoms with Crippen molar-refractivity contribution in [2.75, 3.05) is 11.1 Å². The topological polar surface area (TPSA) is 55.1 Å². The summed E-state index contributed by atoms with van der Waals surface area (Å²) < 4.78 is 0. The summed E-state index contributed by atoms with van der Waals surface area (Å²) in [6, 6.07) is 13.2. The molecule has 0 heterocycles. The minimum absolute atomic E-state index is 0.112. The Hall–Kier alpha value is -2.29.